The summed E-state index contributed by atoms with van der Waals surface area (Å²) in [5.74, 6) is 0.969. The Labute approximate surface area is 184 Å². The smallest absolute Gasteiger partial charge is 0.193 e. The molecule has 156 valence electrons. The predicted octanol–water partition coefficient (Wildman–Crippen LogP) is 4.99. The van der Waals surface area contributed by atoms with Crippen molar-refractivity contribution in [2.24, 2.45) is 4.99 Å². The maximum absolute atomic E-state index is 6.63. The van der Waals surface area contributed by atoms with Crippen LogP contribution in [-0.2, 0) is 0 Å². The van der Waals surface area contributed by atoms with Gasteiger partial charge in [0, 0.05) is 49.3 Å². The molecule has 1 N–H and O–H groups in total. The molecule has 1 unspecified atom stereocenters. The number of benzene rings is 2. The maximum Gasteiger partial charge on any atom is 0.193 e. The third-order valence-corrected chi connectivity index (χ3v) is 5.82. The Morgan fingerprint density at radius 3 is 2.21 bits per heavy atom. The number of rotatable bonds is 4. The minimum atomic E-state index is 0.0996. The molecule has 3 rings (SSSR count). The summed E-state index contributed by atoms with van der Waals surface area (Å²) in [6.45, 7) is 10.1. The van der Waals surface area contributed by atoms with Gasteiger partial charge >= 0.3 is 0 Å². The highest BCUT2D eigenvalue weighted by Crippen LogP contribution is 2.35. The second kappa shape index (κ2) is 9.84. The molecule has 29 heavy (non-hydrogen) atoms. The summed E-state index contributed by atoms with van der Waals surface area (Å²) in [5.41, 5.74) is 3.60. The van der Waals surface area contributed by atoms with Gasteiger partial charge in [0.1, 0.15) is 0 Å². The number of hydrogen-bond donors (Lipinski definition) is 1. The van der Waals surface area contributed by atoms with Crippen molar-refractivity contribution in [3.63, 3.8) is 0 Å². The molecule has 1 saturated heterocycles. The molecule has 0 spiro atoms. The van der Waals surface area contributed by atoms with Crippen LogP contribution in [0.3, 0.4) is 0 Å². The number of guanidine groups is 1. The normalized spacial score (nSPS) is 16.9. The average molecular weight is 433 g/mol. The highest BCUT2D eigenvalue weighted by atomic mass is 35.5. The van der Waals surface area contributed by atoms with Crippen LogP contribution in [-0.4, -0.2) is 55.0 Å². The topological polar surface area (TPSA) is 30.9 Å². The molecule has 1 aliphatic rings. The van der Waals surface area contributed by atoms with Gasteiger partial charge in [0.15, 0.2) is 5.96 Å². The minimum Gasteiger partial charge on any atom is -0.354 e. The number of halogens is 2. The largest absolute Gasteiger partial charge is 0.354 e. The summed E-state index contributed by atoms with van der Waals surface area (Å²) in [6, 6.07) is 15.0. The zero-order valence-electron chi connectivity index (χ0n) is 17.6. The van der Waals surface area contributed by atoms with Crippen LogP contribution in [0.5, 0.6) is 0 Å². The number of aliphatic imine (C=N–C) groups is 1. The van der Waals surface area contributed by atoms with E-state index in [4.69, 9.17) is 23.2 Å². The van der Waals surface area contributed by atoms with Crippen LogP contribution in [0.15, 0.2) is 47.5 Å². The third-order valence-electron chi connectivity index (χ3n) is 5.26. The summed E-state index contributed by atoms with van der Waals surface area (Å²) in [5, 5.41) is 4.82. The molecule has 0 amide bonds. The first kappa shape index (κ1) is 21.9. The lowest BCUT2D eigenvalue weighted by Crippen LogP contribution is -2.54. The van der Waals surface area contributed by atoms with E-state index >= 15 is 0 Å². The van der Waals surface area contributed by atoms with E-state index in [1.54, 1.807) is 0 Å². The zero-order chi connectivity index (χ0) is 21.0. The Balaban J connectivity index is 1.85. The first-order chi connectivity index (χ1) is 13.9. The highest BCUT2D eigenvalue weighted by Gasteiger charge is 2.29. The summed E-state index contributed by atoms with van der Waals surface area (Å²) in [4.78, 5) is 9.27. The molecular formula is C23H30Cl2N4. The van der Waals surface area contributed by atoms with E-state index in [9.17, 15) is 0 Å². The molecule has 0 bridgehead atoms. The van der Waals surface area contributed by atoms with Crippen molar-refractivity contribution in [3.05, 3.63) is 69.2 Å². The summed E-state index contributed by atoms with van der Waals surface area (Å²) >= 11 is 12.8. The van der Waals surface area contributed by atoms with Crippen molar-refractivity contribution in [2.75, 3.05) is 33.2 Å². The summed E-state index contributed by atoms with van der Waals surface area (Å²) in [7, 11) is 1.85. The highest BCUT2D eigenvalue weighted by molar-refractivity contribution is 6.35. The van der Waals surface area contributed by atoms with E-state index in [0.29, 0.717) is 16.1 Å². The quantitative estimate of drug-likeness (QED) is 0.544. The fraction of sp³-hybridized carbons (Fsp3) is 0.435. The van der Waals surface area contributed by atoms with Crippen molar-refractivity contribution in [1.82, 2.24) is 15.1 Å². The molecule has 0 aliphatic carbocycles. The van der Waals surface area contributed by atoms with E-state index in [1.165, 1.54) is 11.1 Å². The molecule has 1 heterocycles. The van der Waals surface area contributed by atoms with Crippen LogP contribution in [0.4, 0.5) is 0 Å². The van der Waals surface area contributed by atoms with Gasteiger partial charge in [-0.05, 0) is 44.0 Å². The van der Waals surface area contributed by atoms with Gasteiger partial charge < -0.3 is 10.2 Å². The number of piperazine rings is 1. The maximum atomic E-state index is 6.63. The van der Waals surface area contributed by atoms with Crippen LogP contribution in [0.25, 0.3) is 0 Å². The van der Waals surface area contributed by atoms with Gasteiger partial charge in [-0.15, -0.1) is 0 Å². The van der Waals surface area contributed by atoms with Gasteiger partial charge in [-0.1, -0.05) is 59.1 Å². The molecule has 4 nitrogen and oxygen atoms in total. The monoisotopic (exact) mass is 432 g/mol. The number of nitrogens with one attached hydrogen (secondary N) is 1. The van der Waals surface area contributed by atoms with Gasteiger partial charge in [-0.25, -0.2) is 0 Å². The molecule has 2 aromatic rings. The fourth-order valence-electron chi connectivity index (χ4n) is 3.81. The summed E-state index contributed by atoms with van der Waals surface area (Å²) in [6.07, 6.45) is 0. The Morgan fingerprint density at radius 2 is 1.66 bits per heavy atom. The Hall–Kier alpha value is -1.75. The lowest BCUT2D eigenvalue weighted by Gasteiger charge is -2.41. The lowest BCUT2D eigenvalue weighted by atomic mass is 9.95. The van der Waals surface area contributed by atoms with E-state index in [-0.39, 0.29) is 6.04 Å². The van der Waals surface area contributed by atoms with Gasteiger partial charge in [0.25, 0.3) is 0 Å². The lowest BCUT2D eigenvalue weighted by molar-refractivity contribution is 0.147. The first-order valence-electron chi connectivity index (χ1n) is 10.1. The molecular weight excluding hydrogens is 403 g/mol. The molecule has 6 heteroatoms. The van der Waals surface area contributed by atoms with Crippen molar-refractivity contribution in [1.29, 1.82) is 0 Å². The average Bonchev–Trinajstić information content (AvgIpc) is 2.70. The van der Waals surface area contributed by atoms with Crippen molar-refractivity contribution in [3.8, 4) is 0 Å². The van der Waals surface area contributed by atoms with E-state index in [2.05, 4.69) is 71.2 Å². The number of aryl methyl sites for hydroxylation is 1. The van der Waals surface area contributed by atoms with Gasteiger partial charge in [0.2, 0.25) is 0 Å². The molecule has 0 radical (unpaired) electrons. The number of hydrogen-bond acceptors (Lipinski definition) is 2. The second-order valence-electron chi connectivity index (χ2n) is 7.85. The Bertz CT molecular complexity index is 840. The molecule has 1 fully saturated rings. The van der Waals surface area contributed by atoms with Crippen LogP contribution >= 0.6 is 23.2 Å². The number of nitrogens with zero attached hydrogens (tertiary/aromatic N) is 3. The van der Waals surface area contributed by atoms with E-state index < -0.39 is 0 Å². The first-order valence-corrected chi connectivity index (χ1v) is 10.9. The van der Waals surface area contributed by atoms with E-state index in [1.807, 2.05) is 19.2 Å². The predicted molar refractivity (Wildman–Crippen MR) is 124 cm³/mol. The van der Waals surface area contributed by atoms with Gasteiger partial charge in [-0.2, -0.15) is 0 Å². The van der Waals surface area contributed by atoms with Crippen molar-refractivity contribution >= 4 is 29.2 Å². The van der Waals surface area contributed by atoms with Crippen LogP contribution in [0, 0.1) is 6.92 Å². The van der Waals surface area contributed by atoms with Crippen LogP contribution in [0.1, 0.15) is 36.6 Å². The van der Waals surface area contributed by atoms with Crippen molar-refractivity contribution < 1.29 is 0 Å². The standard InChI is InChI=1S/C23H30Cl2N4/c1-16(2)27-23(26-4)29-13-11-28(12-14-29)22(18-7-5-17(3)6-8-18)20-10-9-19(24)15-21(20)25/h5-10,15-16,22H,11-14H2,1-4H3,(H,26,27). The Kier molecular flexibility index (Phi) is 7.44. The molecule has 0 saturated carbocycles. The fourth-order valence-corrected chi connectivity index (χ4v) is 4.32. The van der Waals surface area contributed by atoms with Gasteiger partial charge in [0.05, 0.1) is 6.04 Å². The van der Waals surface area contributed by atoms with Crippen molar-refractivity contribution in [2.45, 2.75) is 32.9 Å². The summed E-state index contributed by atoms with van der Waals surface area (Å²) < 4.78 is 0. The molecule has 0 aromatic heterocycles. The molecule has 1 atom stereocenters. The van der Waals surface area contributed by atoms with E-state index in [0.717, 1.165) is 37.7 Å². The third kappa shape index (κ3) is 5.44. The molecule has 2 aromatic carbocycles. The van der Waals surface area contributed by atoms with Gasteiger partial charge in [-0.3, -0.25) is 9.89 Å². The molecule has 1 aliphatic heterocycles. The Morgan fingerprint density at radius 1 is 1.00 bits per heavy atom. The zero-order valence-corrected chi connectivity index (χ0v) is 19.1. The SMILES string of the molecule is CN=C(NC(C)C)N1CCN(C(c2ccc(C)cc2)c2ccc(Cl)cc2Cl)CC1. The van der Waals surface area contributed by atoms with Crippen LogP contribution < -0.4 is 5.32 Å². The minimum absolute atomic E-state index is 0.0996. The second-order valence-corrected chi connectivity index (χ2v) is 8.69. The van der Waals surface area contributed by atoms with Crippen LogP contribution in [0.2, 0.25) is 10.0 Å².